The first-order valence-corrected chi connectivity index (χ1v) is 12.1. The van der Waals surface area contributed by atoms with E-state index < -0.39 is 17.6 Å². The Labute approximate surface area is 189 Å². The van der Waals surface area contributed by atoms with Gasteiger partial charge in [0, 0.05) is 22.4 Å². The van der Waals surface area contributed by atoms with Crippen molar-refractivity contribution >= 4 is 0 Å². The lowest BCUT2D eigenvalue weighted by atomic mass is 9.46. The second-order valence-corrected chi connectivity index (χ2v) is 10.6. The number of aromatic hydroxyl groups is 1. The molecule has 2 bridgehead atoms. The number of piperidine rings is 1. The van der Waals surface area contributed by atoms with Crippen LogP contribution in [0.25, 0.3) is 0 Å². The number of phenols is 1. The number of ether oxygens (including phenoxy) is 1. The second-order valence-electron chi connectivity index (χ2n) is 10.6. The van der Waals surface area contributed by atoms with E-state index in [9.17, 15) is 15.3 Å². The maximum Gasteiger partial charge on any atom is 0.165 e. The summed E-state index contributed by atoms with van der Waals surface area (Å²) in [4.78, 5) is 2.46. The van der Waals surface area contributed by atoms with Gasteiger partial charge in [0.05, 0.1) is 12.7 Å². The molecular formula is C27H33NO4. The van der Waals surface area contributed by atoms with Crippen molar-refractivity contribution in [3.05, 3.63) is 59.2 Å². The molecule has 2 aliphatic carbocycles. The zero-order valence-electron chi connectivity index (χ0n) is 18.7. The molecule has 2 fully saturated rings. The Hall–Kier alpha value is -2.08. The van der Waals surface area contributed by atoms with Crippen molar-refractivity contribution < 1.29 is 20.1 Å². The Morgan fingerprint density at radius 3 is 2.75 bits per heavy atom. The van der Waals surface area contributed by atoms with Gasteiger partial charge in [-0.05, 0) is 75.2 Å². The van der Waals surface area contributed by atoms with Gasteiger partial charge >= 0.3 is 0 Å². The Balaban J connectivity index is 1.38. The predicted molar refractivity (Wildman–Crippen MR) is 122 cm³/mol. The highest BCUT2D eigenvalue weighted by atomic mass is 16.5. The van der Waals surface area contributed by atoms with Gasteiger partial charge in [-0.3, -0.25) is 0 Å². The van der Waals surface area contributed by atoms with Gasteiger partial charge in [0.15, 0.2) is 11.5 Å². The van der Waals surface area contributed by atoms with Crippen LogP contribution in [0, 0.1) is 11.3 Å². The fourth-order valence-corrected chi connectivity index (χ4v) is 7.66. The van der Waals surface area contributed by atoms with Crippen molar-refractivity contribution in [1.82, 2.24) is 4.90 Å². The minimum Gasteiger partial charge on any atom is -0.504 e. The number of benzene rings is 2. The molecule has 2 aromatic carbocycles. The van der Waals surface area contributed by atoms with E-state index in [4.69, 9.17) is 4.74 Å². The Morgan fingerprint density at radius 1 is 1.16 bits per heavy atom. The van der Waals surface area contributed by atoms with Crippen LogP contribution in [0.3, 0.4) is 0 Å². The van der Waals surface area contributed by atoms with Gasteiger partial charge in [-0.1, -0.05) is 36.4 Å². The molecule has 6 rings (SSSR count). The van der Waals surface area contributed by atoms with E-state index >= 15 is 0 Å². The molecule has 2 heterocycles. The lowest BCUT2D eigenvalue weighted by Crippen LogP contribution is -2.70. The summed E-state index contributed by atoms with van der Waals surface area (Å²) in [5.41, 5.74) is 2.83. The third kappa shape index (κ3) is 2.62. The third-order valence-corrected chi connectivity index (χ3v) is 9.28. The molecule has 1 saturated carbocycles. The van der Waals surface area contributed by atoms with Crippen molar-refractivity contribution in [3.63, 3.8) is 0 Å². The Kier molecular flexibility index (Phi) is 4.62. The van der Waals surface area contributed by atoms with Crippen molar-refractivity contribution in [2.24, 2.45) is 11.3 Å². The molecule has 32 heavy (non-hydrogen) atoms. The standard InChI is InChI=1S/C27H33NO4/c1-28-13-12-27-19-15-26(16-29,11-5-8-17-6-3-2-4-7-17)24(31)25(27)32-23-21(30)10-9-18(22(23)27)14-20(19)28/h2-4,6-7,9-10,19-20,24-25,29-31H,5,8,11-16H2,1H3/t19?,20?,24-,25?,26+,27?/m0/s1. The minimum absolute atomic E-state index is 0.0407. The van der Waals surface area contributed by atoms with Crippen LogP contribution in [0.2, 0.25) is 0 Å². The molecule has 5 nitrogen and oxygen atoms in total. The van der Waals surface area contributed by atoms with Crippen LogP contribution in [-0.2, 0) is 18.3 Å². The average Bonchev–Trinajstić information content (AvgIpc) is 3.16. The first kappa shape index (κ1) is 20.5. The summed E-state index contributed by atoms with van der Waals surface area (Å²) in [5, 5.41) is 33.1. The van der Waals surface area contributed by atoms with E-state index in [0.717, 1.165) is 50.6 Å². The monoisotopic (exact) mass is 435 g/mol. The maximum atomic E-state index is 11.8. The average molecular weight is 436 g/mol. The summed E-state index contributed by atoms with van der Waals surface area (Å²) < 4.78 is 6.45. The quantitative estimate of drug-likeness (QED) is 0.673. The number of aliphatic hydroxyl groups excluding tert-OH is 2. The normalized spacial score (nSPS) is 37.1. The number of phenolic OH excluding ortho intramolecular Hbond substituents is 1. The topological polar surface area (TPSA) is 73.2 Å². The number of aryl methyl sites for hydroxylation is 1. The molecule has 1 spiro atoms. The molecule has 0 amide bonds. The van der Waals surface area contributed by atoms with Crippen LogP contribution in [0.15, 0.2) is 42.5 Å². The molecule has 2 aromatic rings. The fraction of sp³-hybridized carbons (Fsp3) is 0.556. The van der Waals surface area contributed by atoms with E-state index in [-0.39, 0.29) is 17.8 Å². The van der Waals surface area contributed by atoms with Crippen LogP contribution in [0.1, 0.15) is 42.4 Å². The highest BCUT2D eigenvalue weighted by Crippen LogP contribution is 2.66. The van der Waals surface area contributed by atoms with E-state index in [0.29, 0.717) is 17.7 Å². The molecule has 1 saturated heterocycles. The first-order valence-electron chi connectivity index (χ1n) is 12.1. The Morgan fingerprint density at radius 2 is 1.97 bits per heavy atom. The highest BCUT2D eigenvalue weighted by molar-refractivity contribution is 5.61. The van der Waals surface area contributed by atoms with Crippen molar-refractivity contribution in [1.29, 1.82) is 0 Å². The number of hydrogen-bond acceptors (Lipinski definition) is 5. The number of nitrogens with zero attached hydrogens (tertiary/aromatic N) is 1. The summed E-state index contributed by atoms with van der Waals surface area (Å²) in [7, 11) is 2.20. The molecule has 6 atom stereocenters. The smallest absolute Gasteiger partial charge is 0.165 e. The molecule has 4 aliphatic rings. The van der Waals surface area contributed by atoms with E-state index in [1.54, 1.807) is 6.07 Å². The van der Waals surface area contributed by atoms with Gasteiger partial charge in [0.1, 0.15) is 6.10 Å². The Bertz CT molecular complexity index is 1030. The number of likely N-dealkylation sites (N-methyl/N-ethyl adjacent to an activating group) is 1. The fourth-order valence-electron chi connectivity index (χ4n) is 7.66. The molecule has 5 heteroatoms. The van der Waals surface area contributed by atoms with Crippen molar-refractivity contribution in [2.75, 3.05) is 20.2 Å². The molecule has 4 unspecified atom stereocenters. The van der Waals surface area contributed by atoms with Crippen LogP contribution in [-0.4, -0.2) is 58.7 Å². The van der Waals surface area contributed by atoms with Crippen LogP contribution in [0.5, 0.6) is 11.5 Å². The van der Waals surface area contributed by atoms with Gasteiger partial charge in [-0.25, -0.2) is 0 Å². The molecule has 0 radical (unpaired) electrons. The van der Waals surface area contributed by atoms with Crippen LogP contribution >= 0.6 is 0 Å². The maximum absolute atomic E-state index is 11.8. The van der Waals surface area contributed by atoms with Crippen molar-refractivity contribution in [3.8, 4) is 11.5 Å². The SMILES string of the molecule is CN1CCC23c4c5ccc(O)c4OC2[C@H](O)[C@](CO)(CCCc2ccccc2)CC3C1C5. The highest BCUT2D eigenvalue weighted by Gasteiger charge is 2.69. The van der Waals surface area contributed by atoms with E-state index in [1.807, 2.05) is 12.1 Å². The minimum atomic E-state index is -0.763. The summed E-state index contributed by atoms with van der Waals surface area (Å²) in [5.74, 6) is 1.06. The van der Waals surface area contributed by atoms with Gasteiger partial charge in [-0.2, -0.15) is 0 Å². The van der Waals surface area contributed by atoms with Crippen LogP contribution in [0.4, 0.5) is 0 Å². The summed E-state index contributed by atoms with van der Waals surface area (Å²) in [6.45, 7) is 0.920. The largest absolute Gasteiger partial charge is 0.504 e. The summed E-state index contributed by atoms with van der Waals surface area (Å²) in [6.07, 6.45) is 4.08. The number of aliphatic hydroxyl groups is 2. The zero-order valence-corrected chi connectivity index (χ0v) is 18.7. The predicted octanol–water partition coefficient (Wildman–Crippen LogP) is 3.03. The summed E-state index contributed by atoms with van der Waals surface area (Å²) in [6, 6.07) is 14.6. The van der Waals surface area contributed by atoms with Gasteiger partial charge in [0.2, 0.25) is 0 Å². The zero-order chi connectivity index (χ0) is 22.1. The van der Waals surface area contributed by atoms with Gasteiger partial charge in [0.25, 0.3) is 0 Å². The van der Waals surface area contributed by atoms with Gasteiger partial charge < -0.3 is 25.0 Å². The second kappa shape index (κ2) is 7.21. The number of hydrogen-bond donors (Lipinski definition) is 3. The van der Waals surface area contributed by atoms with E-state index in [2.05, 4.69) is 36.2 Å². The van der Waals surface area contributed by atoms with Gasteiger partial charge in [-0.15, -0.1) is 0 Å². The third-order valence-electron chi connectivity index (χ3n) is 9.28. The molecule has 0 aromatic heterocycles. The molecule has 2 aliphatic heterocycles. The van der Waals surface area contributed by atoms with Crippen molar-refractivity contribution in [2.45, 2.75) is 62.2 Å². The molecular weight excluding hydrogens is 402 g/mol. The summed E-state index contributed by atoms with van der Waals surface area (Å²) >= 11 is 0. The number of rotatable bonds is 5. The van der Waals surface area contributed by atoms with E-state index in [1.165, 1.54) is 11.1 Å². The molecule has 3 N–H and O–H groups in total. The lowest BCUT2D eigenvalue weighted by Gasteiger charge is -2.62. The molecule has 170 valence electrons. The lowest BCUT2D eigenvalue weighted by molar-refractivity contribution is -0.178. The first-order chi connectivity index (χ1) is 15.5. The number of likely N-dealkylation sites (tertiary alicyclic amines) is 1. The van der Waals surface area contributed by atoms with Crippen LogP contribution < -0.4 is 4.74 Å².